The number of hydrogen-bond acceptors (Lipinski definition) is 6. The first-order valence-corrected chi connectivity index (χ1v) is 7.60. The Labute approximate surface area is 145 Å². The number of hydrogen-bond donors (Lipinski definition) is 2. The minimum Gasteiger partial charge on any atom is -0.502 e. The first-order valence-electron chi connectivity index (χ1n) is 7.60. The lowest BCUT2D eigenvalue weighted by atomic mass is 10.1. The number of carbonyl (C=O) groups excluding carboxylic acids is 1. The number of rotatable bonds is 7. The Bertz CT molecular complexity index is 749. The van der Waals surface area contributed by atoms with Gasteiger partial charge < -0.3 is 19.3 Å². The molecule has 1 amide bonds. The van der Waals surface area contributed by atoms with E-state index in [4.69, 9.17) is 14.2 Å². The second-order valence-electron chi connectivity index (χ2n) is 4.90. The van der Waals surface area contributed by atoms with Crippen molar-refractivity contribution in [1.29, 1.82) is 0 Å². The Morgan fingerprint density at radius 2 is 1.80 bits per heavy atom. The van der Waals surface area contributed by atoms with Crippen LogP contribution >= 0.6 is 0 Å². The van der Waals surface area contributed by atoms with Gasteiger partial charge in [0.05, 0.1) is 27.0 Å². The summed E-state index contributed by atoms with van der Waals surface area (Å²) in [6.45, 7) is 2.42. The van der Waals surface area contributed by atoms with Crippen LogP contribution in [0.3, 0.4) is 0 Å². The minimum absolute atomic E-state index is 0.134. The summed E-state index contributed by atoms with van der Waals surface area (Å²) in [7, 11) is 2.78. The fourth-order valence-electron chi connectivity index (χ4n) is 2.12. The third kappa shape index (κ3) is 4.41. The Hall–Kier alpha value is -3.22. The summed E-state index contributed by atoms with van der Waals surface area (Å²) >= 11 is 0. The number of nitrogens with one attached hydrogen (secondary N) is 1. The molecule has 25 heavy (non-hydrogen) atoms. The van der Waals surface area contributed by atoms with Crippen LogP contribution in [0.5, 0.6) is 23.0 Å². The summed E-state index contributed by atoms with van der Waals surface area (Å²) < 4.78 is 15.5. The number of hydrazone groups is 1. The zero-order chi connectivity index (χ0) is 18.2. The van der Waals surface area contributed by atoms with Crippen molar-refractivity contribution in [2.24, 2.45) is 5.10 Å². The topological polar surface area (TPSA) is 89.4 Å². The Morgan fingerprint density at radius 1 is 1.16 bits per heavy atom. The highest BCUT2D eigenvalue weighted by atomic mass is 16.5. The molecule has 2 aromatic carbocycles. The number of carbonyl (C=O) groups is 1. The number of phenolic OH excluding ortho intramolecular Hbond substituents is 1. The smallest absolute Gasteiger partial charge is 0.271 e. The molecule has 2 aromatic rings. The SMILES string of the molecule is CCOc1ccccc1C=NNC(=O)c1cc(OC)c(O)c(OC)c1. The number of ether oxygens (including phenoxy) is 3. The highest BCUT2D eigenvalue weighted by Gasteiger charge is 2.15. The third-order valence-corrected chi connectivity index (χ3v) is 3.33. The number of amides is 1. The number of benzene rings is 2. The molecule has 0 unspecified atom stereocenters. The predicted molar refractivity (Wildman–Crippen MR) is 93.9 cm³/mol. The van der Waals surface area contributed by atoms with Crippen molar-refractivity contribution in [3.8, 4) is 23.0 Å². The summed E-state index contributed by atoms with van der Waals surface area (Å²) in [4.78, 5) is 12.2. The van der Waals surface area contributed by atoms with Crippen LogP contribution < -0.4 is 19.6 Å². The fourth-order valence-corrected chi connectivity index (χ4v) is 2.12. The molecular formula is C18H20N2O5. The molecule has 0 aromatic heterocycles. The molecule has 0 atom stereocenters. The molecule has 0 bridgehead atoms. The van der Waals surface area contributed by atoms with Crippen molar-refractivity contribution in [3.05, 3.63) is 47.5 Å². The first-order chi connectivity index (χ1) is 12.1. The van der Waals surface area contributed by atoms with Crippen LogP contribution in [0.15, 0.2) is 41.5 Å². The van der Waals surface area contributed by atoms with Crippen molar-refractivity contribution in [2.75, 3.05) is 20.8 Å². The van der Waals surface area contributed by atoms with E-state index in [0.29, 0.717) is 12.4 Å². The van der Waals surface area contributed by atoms with Gasteiger partial charge in [-0.2, -0.15) is 5.10 Å². The van der Waals surface area contributed by atoms with Crippen molar-refractivity contribution in [1.82, 2.24) is 5.43 Å². The molecule has 0 aliphatic rings. The normalized spacial score (nSPS) is 10.5. The second kappa shape index (κ2) is 8.58. The summed E-state index contributed by atoms with van der Waals surface area (Å²) in [5, 5.41) is 13.8. The second-order valence-corrected chi connectivity index (χ2v) is 4.90. The average molecular weight is 344 g/mol. The molecule has 7 nitrogen and oxygen atoms in total. The zero-order valence-electron chi connectivity index (χ0n) is 14.3. The molecule has 7 heteroatoms. The van der Waals surface area contributed by atoms with Crippen molar-refractivity contribution in [2.45, 2.75) is 6.92 Å². The van der Waals surface area contributed by atoms with Crippen LogP contribution in [0.25, 0.3) is 0 Å². The van der Waals surface area contributed by atoms with E-state index >= 15 is 0 Å². The van der Waals surface area contributed by atoms with Gasteiger partial charge in [-0.15, -0.1) is 0 Å². The van der Waals surface area contributed by atoms with Gasteiger partial charge in [0, 0.05) is 11.1 Å². The van der Waals surface area contributed by atoms with Crippen molar-refractivity contribution < 1.29 is 24.1 Å². The number of nitrogens with zero attached hydrogens (tertiary/aromatic N) is 1. The standard InChI is InChI=1S/C18H20N2O5/c1-4-25-14-8-6-5-7-12(14)11-19-20-18(22)13-9-15(23-2)17(21)16(10-13)24-3/h5-11,21H,4H2,1-3H3,(H,20,22). The molecule has 0 saturated heterocycles. The van der Waals surface area contributed by atoms with Gasteiger partial charge in [-0.05, 0) is 31.2 Å². The zero-order valence-corrected chi connectivity index (χ0v) is 14.3. The van der Waals surface area contributed by atoms with Gasteiger partial charge in [-0.25, -0.2) is 5.43 Å². The Kier molecular flexibility index (Phi) is 6.22. The quantitative estimate of drug-likeness (QED) is 0.595. The monoisotopic (exact) mass is 344 g/mol. The summed E-state index contributed by atoms with van der Waals surface area (Å²) in [5.74, 6) is 0.304. The molecule has 0 radical (unpaired) electrons. The number of methoxy groups -OCH3 is 2. The summed E-state index contributed by atoms with van der Waals surface area (Å²) in [5.41, 5.74) is 3.40. The highest BCUT2D eigenvalue weighted by Crippen LogP contribution is 2.37. The minimum atomic E-state index is -0.471. The maximum absolute atomic E-state index is 12.2. The maximum Gasteiger partial charge on any atom is 0.271 e. The summed E-state index contributed by atoms with van der Waals surface area (Å²) in [6, 6.07) is 10.2. The highest BCUT2D eigenvalue weighted by molar-refractivity contribution is 5.96. The maximum atomic E-state index is 12.2. The van der Waals surface area contributed by atoms with Crippen molar-refractivity contribution >= 4 is 12.1 Å². The van der Waals surface area contributed by atoms with Crippen LogP contribution in [-0.2, 0) is 0 Å². The lowest BCUT2D eigenvalue weighted by Gasteiger charge is -2.10. The van der Waals surface area contributed by atoms with Gasteiger partial charge in [0.1, 0.15) is 5.75 Å². The molecule has 0 fully saturated rings. The van der Waals surface area contributed by atoms with E-state index in [0.717, 1.165) is 5.56 Å². The van der Waals surface area contributed by atoms with Gasteiger partial charge in [-0.1, -0.05) is 12.1 Å². The molecular weight excluding hydrogens is 324 g/mol. The fraction of sp³-hybridized carbons (Fsp3) is 0.222. The molecule has 2 N–H and O–H groups in total. The largest absolute Gasteiger partial charge is 0.502 e. The van der Waals surface area contributed by atoms with Crippen LogP contribution in [0.2, 0.25) is 0 Å². The molecule has 132 valence electrons. The van der Waals surface area contributed by atoms with E-state index in [-0.39, 0.29) is 22.8 Å². The number of para-hydroxylation sites is 1. The summed E-state index contributed by atoms with van der Waals surface area (Å²) in [6.07, 6.45) is 1.50. The molecule has 0 saturated carbocycles. The average Bonchev–Trinajstić information content (AvgIpc) is 2.63. The first kappa shape index (κ1) is 18.1. The van der Waals surface area contributed by atoms with Gasteiger partial charge >= 0.3 is 0 Å². The molecule has 0 aliphatic heterocycles. The van der Waals surface area contributed by atoms with Crippen LogP contribution in [-0.4, -0.2) is 38.1 Å². The molecule has 0 heterocycles. The van der Waals surface area contributed by atoms with E-state index in [1.54, 1.807) is 0 Å². The third-order valence-electron chi connectivity index (χ3n) is 3.33. The lowest BCUT2D eigenvalue weighted by molar-refractivity contribution is 0.0954. The van der Waals surface area contributed by atoms with Gasteiger partial charge in [0.15, 0.2) is 11.5 Å². The van der Waals surface area contributed by atoms with E-state index in [1.165, 1.54) is 32.6 Å². The van der Waals surface area contributed by atoms with Crippen LogP contribution in [0.4, 0.5) is 0 Å². The number of aromatic hydroxyl groups is 1. The molecule has 2 rings (SSSR count). The Balaban J connectivity index is 2.15. The van der Waals surface area contributed by atoms with Gasteiger partial charge in [-0.3, -0.25) is 4.79 Å². The lowest BCUT2D eigenvalue weighted by Crippen LogP contribution is -2.18. The Morgan fingerprint density at radius 3 is 2.40 bits per heavy atom. The van der Waals surface area contributed by atoms with Crippen LogP contribution in [0.1, 0.15) is 22.8 Å². The van der Waals surface area contributed by atoms with E-state index in [2.05, 4.69) is 10.5 Å². The van der Waals surface area contributed by atoms with Crippen LogP contribution in [0, 0.1) is 0 Å². The van der Waals surface area contributed by atoms with Gasteiger partial charge in [0.2, 0.25) is 5.75 Å². The van der Waals surface area contributed by atoms with E-state index < -0.39 is 5.91 Å². The van der Waals surface area contributed by atoms with Gasteiger partial charge in [0.25, 0.3) is 5.91 Å². The van der Waals surface area contributed by atoms with E-state index in [1.807, 2.05) is 31.2 Å². The molecule has 0 spiro atoms. The molecule has 0 aliphatic carbocycles. The van der Waals surface area contributed by atoms with Crippen molar-refractivity contribution in [3.63, 3.8) is 0 Å². The predicted octanol–water partition coefficient (Wildman–Crippen LogP) is 2.57. The number of phenols is 1. The van der Waals surface area contributed by atoms with E-state index in [9.17, 15) is 9.90 Å².